The van der Waals surface area contributed by atoms with Crippen LogP contribution in [0.3, 0.4) is 0 Å². The molecule has 1 aromatic heterocycles. The Morgan fingerprint density at radius 2 is 2.46 bits per heavy atom. The molecule has 1 aliphatic rings. The molecule has 0 radical (unpaired) electrons. The second-order valence-corrected chi connectivity index (χ2v) is 2.88. The normalized spacial score (nSPS) is 12.9. The number of nitrogens with zero attached hydrogens (tertiary/aromatic N) is 3. The molecule has 2 heterocycles. The Labute approximate surface area is 75.9 Å². The number of hydrogen-bond acceptors (Lipinski definition) is 4. The second-order valence-electron chi connectivity index (χ2n) is 2.88. The highest BCUT2D eigenvalue weighted by Gasteiger charge is 2.10. The fourth-order valence-electron chi connectivity index (χ4n) is 1.32. The van der Waals surface area contributed by atoms with Gasteiger partial charge in [0, 0.05) is 12.1 Å². The topological polar surface area (TPSA) is 61.1 Å². The van der Waals surface area contributed by atoms with E-state index in [-0.39, 0.29) is 0 Å². The van der Waals surface area contributed by atoms with E-state index in [2.05, 4.69) is 15.3 Å². The van der Waals surface area contributed by atoms with Gasteiger partial charge in [0.2, 0.25) is 0 Å². The summed E-state index contributed by atoms with van der Waals surface area (Å²) in [6, 6.07) is 3.79. The molecule has 1 N–H and O–H groups in total. The summed E-state index contributed by atoms with van der Waals surface area (Å²) in [6.07, 6.45) is 1.61. The molecule has 0 saturated carbocycles. The zero-order chi connectivity index (χ0) is 9.26. The van der Waals surface area contributed by atoms with Gasteiger partial charge in [-0.15, -0.1) is 0 Å². The van der Waals surface area contributed by atoms with Gasteiger partial charge in [0.05, 0.1) is 6.34 Å². The maximum atomic E-state index is 8.68. The highest BCUT2D eigenvalue weighted by atomic mass is 15.0. The van der Waals surface area contributed by atoms with Crippen LogP contribution in [0.25, 0.3) is 0 Å². The van der Waals surface area contributed by atoms with Crippen molar-refractivity contribution in [3.05, 3.63) is 22.9 Å². The van der Waals surface area contributed by atoms with Crippen LogP contribution in [0.1, 0.15) is 16.8 Å². The predicted octanol–water partition coefficient (Wildman–Crippen LogP) is 1.02. The zero-order valence-corrected chi connectivity index (χ0v) is 7.20. The Hall–Kier alpha value is -1.89. The zero-order valence-electron chi connectivity index (χ0n) is 7.20. The molecule has 0 atom stereocenters. The molecule has 13 heavy (non-hydrogen) atoms. The molecule has 0 aliphatic carbocycles. The average molecular weight is 172 g/mol. The largest absolute Gasteiger partial charge is 0.372 e. The lowest BCUT2D eigenvalue weighted by Crippen LogP contribution is -2.16. The third kappa shape index (κ3) is 1.25. The number of aryl methyl sites for hydroxylation is 1. The lowest BCUT2D eigenvalue weighted by Gasteiger charge is -2.12. The van der Waals surface area contributed by atoms with E-state index in [0.29, 0.717) is 11.5 Å². The van der Waals surface area contributed by atoms with Crippen molar-refractivity contribution in [2.75, 3.05) is 0 Å². The summed E-state index contributed by atoms with van der Waals surface area (Å²) in [5.74, 6) is 0.662. The molecule has 0 fully saturated rings. The Kier molecular flexibility index (Phi) is 1.71. The third-order valence-corrected chi connectivity index (χ3v) is 2.00. The Morgan fingerprint density at radius 1 is 1.62 bits per heavy atom. The maximum absolute atomic E-state index is 8.68. The molecule has 1 aromatic rings. The molecule has 4 nitrogen and oxygen atoms in total. The van der Waals surface area contributed by atoms with Crippen molar-refractivity contribution < 1.29 is 0 Å². The van der Waals surface area contributed by atoms with Gasteiger partial charge in [-0.1, -0.05) is 0 Å². The molecule has 2 rings (SSSR count). The maximum Gasteiger partial charge on any atom is 0.160 e. The van der Waals surface area contributed by atoms with Gasteiger partial charge in [0.25, 0.3) is 0 Å². The van der Waals surface area contributed by atoms with Crippen LogP contribution in [0.5, 0.6) is 0 Å². The third-order valence-electron chi connectivity index (χ3n) is 2.00. The Bertz CT molecular complexity index is 414. The fourth-order valence-corrected chi connectivity index (χ4v) is 1.32. The van der Waals surface area contributed by atoms with Gasteiger partial charge in [0.15, 0.2) is 5.82 Å². The molecule has 0 unspecified atom stereocenters. The van der Waals surface area contributed by atoms with Gasteiger partial charge in [-0.3, -0.25) is 0 Å². The smallest absolute Gasteiger partial charge is 0.160 e. The van der Waals surface area contributed by atoms with Crippen LogP contribution in [-0.4, -0.2) is 11.3 Å². The highest BCUT2D eigenvalue weighted by Crippen LogP contribution is 2.22. The Balaban J connectivity index is 2.63. The van der Waals surface area contributed by atoms with Gasteiger partial charge < -0.3 is 5.32 Å². The summed E-state index contributed by atoms with van der Waals surface area (Å²) in [5.41, 5.74) is 2.56. The van der Waals surface area contributed by atoms with E-state index in [0.717, 1.165) is 17.7 Å². The monoisotopic (exact) mass is 172 g/mol. The van der Waals surface area contributed by atoms with Crippen molar-refractivity contribution in [1.82, 2.24) is 10.3 Å². The van der Waals surface area contributed by atoms with Crippen LogP contribution in [-0.2, 0) is 6.54 Å². The number of aliphatic imine (C=N–C) groups is 1. The van der Waals surface area contributed by atoms with Crippen LogP contribution in [0, 0.1) is 18.3 Å². The summed E-state index contributed by atoms with van der Waals surface area (Å²) in [6.45, 7) is 2.70. The van der Waals surface area contributed by atoms with E-state index in [9.17, 15) is 0 Å². The fraction of sp³-hybridized carbons (Fsp3) is 0.222. The molecule has 4 heteroatoms. The summed E-state index contributed by atoms with van der Waals surface area (Å²) < 4.78 is 0. The SMILES string of the molecule is Cc1cc(C#N)nc2c1CNC=N2. The van der Waals surface area contributed by atoms with Crippen LogP contribution in [0.15, 0.2) is 11.1 Å². The molecule has 0 saturated heterocycles. The highest BCUT2D eigenvalue weighted by molar-refractivity contribution is 5.65. The van der Waals surface area contributed by atoms with Crippen LogP contribution >= 0.6 is 0 Å². The minimum absolute atomic E-state index is 0.426. The van der Waals surface area contributed by atoms with Crippen molar-refractivity contribution in [2.45, 2.75) is 13.5 Å². The van der Waals surface area contributed by atoms with Gasteiger partial charge in [0.1, 0.15) is 11.8 Å². The first-order valence-electron chi connectivity index (χ1n) is 3.98. The summed E-state index contributed by atoms with van der Waals surface area (Å²) in [5, 5.41) is 11.7. The number of fused-ring (bicyclic) bond motifs is 1. The van der Waals surface area contributed by atoms with Crippen molar-refractivity contribution in [3.63, 3.8) is 0 Å². The number of hydrogen-bond donors (Lipinski definition) is 1. The minimum atomic E-state index is 0.426. The van der Waals surface area contributed by atoms with Crippen LogP contribution in [0.2, 0.25) is 0 Å². The molecular weight excluding hydrogens is 164 g/mol. The predicted molar refractivity (Wildman–Crippen MR) is 48.7 cm³/mol. The lowest BCUT2D eigenvalue weighted by atomic mass is 10.1. The first-order valence-corrected chi connectivity index (χ1v) is 3.98. The summed E-state index contributed by atoms with van der Waals surface area (Å²) in [7, 11) is 0. The van der Waals surface area contributed by atoms with E-state index >= 15 is 0 Å². The molecule has 1 aliphatic heterocycles. The summed E-state index contributed by atoms with van der Waals surface area (Å²) in [4.78, 5) is 8.16. The molecule has 64 valence electrons. The molecule has 0 aromatic carbocycles. The Morgan fingerprint density at radius 3 is 3.23 bits per heavy atom. The number of aromatic nitrogens is 1. The van der Waals surface area contributed by atoms with E-state index < -0.39 is 0 Å². The summed E-state index contributed by atoms with van der Waals surface area (Å²) >= 11 is 0. The van der Waals surface area contributed by atoms with Gasteiger partial charge >= 0.3 is 0 Å². The van der Waals surface area contributed by atoms with Gasteiger partial charge in [-0.2, -0.15) is 5.26 Å². The van der Waals surface area contributed by atoms with Gasteiger partial charge in [-0.05, 0) is 18.6 Å². The van der Waals surface area contributed by atoms with Crippen LogP contribution < -0.4 is 5.32 Å². The quantitative estimate of drug-likeness (QED) is 0.635. The number of nitrogens with one attached hydrogen (secondary N) is 1. The number of nitriles is 1. The van der Waals surface area contributed by atoms with Gasteiger partial charge in [-0.25, -0.2) is 9.98 Å². The van der Waals surface area contributed by atoms with Crippen molar-refractivity contribution in [1.29, 1.82) is 5.26 Å². The second kappa shape index (κ2) is 2.87. The van der Waals surface area contributed by atoms with Crippen molar-refractivity contribution >= 4 is 12.2 Å². The van der Waals surface area contributed by atoms with Crippen molar-refractivity contribution in [2.24, 2.45) is 4.99 Å². The molecule has 0 spiro atoms. The molecule has 0 bridgehead atoms. The lowest BCUT2D eigenvalue weighted by molar-refractivity contribution is 0.886. The molecular formula is C9H8N4. The standard InChI is InChI=1S/C9H8N4/c1-6-2-7(3-10)13-9-8(6)4-11-5-12-9/h2,5H,4H2,1H3,(H,11,12,13). The average Bonchev–Trinajstić information content (AvgIpc) is 2.18. The van der Waals surface area contributed by atoms with Crippen molar-refractivity contribution in [3.8, 4) is 6.07 Å². The number of pyridine rings is 1. The van der Waals surface area contributed by atoms with E-state index in [1.54, 1.807) is 12.4 Å². The first-order chi connectivity index (χ1) is 6.31. The van der Waals surface area contributed by atoms with E-state index in [4.69, 9.17) is 5.26 Å². The van der Waals surface area contributed by atoms with Crippen LogP contribution in [0.4, 0.5) is 5.82 Å². The number of rotatable bonds is 0. The first kappa shape index (κ1) is 7.74. The van der Waals surface area contributed by atoms with E-state index in [1.807, 2.05) is 13.0 Å². The van der Waals surface area contributed by atoms with E-state index in [1.165, 1.54) is 0 Å². The minimum Gasteiger partial charge on any atom is -0.372 e. The molecule has 0 amide bonds.